The lowest BCUT2D eigenvalue weighted by Crippen LogP contribution is -2.11. The Labute approximate surface area is 109 Å². The van der Waals surface area contributed by atoms with Gasteiger partial charge >= 0.3 is 5.97 Å². The van der Waals surface area contributed by atoms with Crippen LogP contribution in [0.25, 0.3) is 0 Å². The summed E-state index contributed by atoms with van der Waals surface area (Å²) in [5.74, 6) is -2.57. The lowest BCUT2D eigenvalue weighted by Gasteiger charge is -2.10. The van der Waals surface area contributed by atoms with Gasteiger partial charge in [0.15, 0.2) is 0 Å². The largest absolute Gasteiger partial charge is 0.478 e. The molecule has 1 rings (SSSR count). The summed E-state index contributed by atoms with van der Waals surface area (Å²) in [7, 11) is 0. The van der Waals surface area contributed by atoms with Crippen LogP contribution in [0.3, 0.4) is 0 Å². The Balaban J connectivity index is 2.57. The first-order valence-corrected chi connectivity index (χ1v) is 5.76. The van der Waals surface area contributed by atoms with Crippen molar-refractivity contribution in [3.8, 4) is 0 Å². The highest BCUT2D eigenvalue weighted by Crippen LogP contribution is 2.23. The summed E-state index contributed by atoms with van der Waals surface area (Å²) in [6.45, 7) is 0.489. The lowest BCUT2D eigenvalue weighted by atomic mass is 10.1. The van der Waals surface area contributed by atoms with Crippen molar-refractivity contribution in [3.63, 3.8) is 0 Å². The molecule has 0 saturated heterocycles. The summed E-state index contributed by atoms with van der Waals surface area (Å²) < 4.78 is 13.4. The lowest BCUT2D eigenvalue weighted by molar-refractivity contribution is -0.118. The highest BCUT2D eigenvalue weighted by Gasteiger charge is 2.13. The SMILES string of the molecule is NC(=O)CCCCNc1cc(F)c(C(=O)O)cc1N. The summed E-state index contributed by atoms with van der Waals surface area (Å²) >= 11 is 0. The highest BCUT2D eigenvalue weighted by atomic mass is 19.1. The molecule has 7 heteroatoms. The summed E-state index contributed by atoms with van der Waals surface area (Å²) in [6.07, 6.45) is 1.59. The molecule has 0 aromatic heterocycles. The number of hydrogen-bond acceptors (Lipinski definition) is 4. The first kappa shape index (κ1) is 14.7. The minimum atomic E-state index is -1.36. The molecule has 1 aromatic carbocycles. The number of carboxylic acids is 1. The zero-order chi connectivity index (χ0) is 14.4. The average Bonchev–Trinajstić information content (AvgIpc) is 2.31. The van der Waals surface area contributed by atoms with Crippen molar-refractivity contribution >= 4 is 23.3 Å². The number of nitrogens with two attached hydrogens (primary N) is 2. The van der Waals surface area contributed by atoms with Crippen molar-refractivity contribution < 1.29 is 19.1 Å². The van der Waals surface area contributed by atoms with Gasteiger partial charge in [-0.05, 0) is 25.0 Å². The van der Waals surface area contributed by atoms with Gasteiger partial charge < -0.3 is 21.9 Å². The Hall–Kier alpha value is -2.31. The second-order valence-corrected chi connectivity index (χ2v) is 4.07. The fourth-order valence-corrected chi connectivity index (χ4v) is 1.55. The summed E-state index contributed by atoms with van der Waals surface area (Å²) in [6, 6.07) is 2.12. The van der Waals surface area contributed by atoms with Crippen LogP contribution < -0.4 is 16.8 Å². The number of unbranched alkanes of at least 4 members (excludes halogenated alkanes) is 1. The van der Waals surface area contributed by atoms with E-state index < -0.39 is 17.3 Å². The maximum absolute atomic E-state index is 13.4. The molecule has 0 radical (unpaired) electrons. The zero-order valence-corrected chi connectivity index (χ0v) is 10.3. The van der Waals surface area contributed by atoms with Gasteiger partial charge in [-0.1, -0.05) is 0 Å². The molecule has 0 bridgehead atoms. The molecule has 0 unspecified atom stereocenters. The number of primary amides is 1. The molecule has 1 amide bonds. The molecule has 0 aliphatic carbocycles. The summed E-state index contributed by atoms with van der Waals surface area (Å²) in [4.78, 5) is 21.2. The average molecular weight is 269 g/mol. The number of carbonyl (C=O) groups excluding carboxylic acids is 1. The zero-order valence-electron chi connectivity index (χ0n) is 10.3. The topological polar surface area (TPSA) is 118 Å². The molecule has 0 fully saturated rings. The van der Waals surface area contributed by atoms with Gasteiger partial charge in [0, 0.05) is 13.0 Å². The Kier molecular flexibility index (Phi) is 5.11. The molecule has 104 valence electrons. The number of amides is 1. The maximum Gasteiger partial charge on any atom is 0.338 e. The van der Waals surface area contributed by atoms with Gasteiger partial charge in [-0.2, -0.15) is 0 Å². The van der Waals surface area contributed by atoms with E-state index in [2.05, 4.69) is 5.32 Å². The molecule has 0 heterocycles. The van der Waals surface area contributed by atoms with Crippen LogP contribution in [-0.2, 0) is 4.79 Å². The van der Waals surface area contributed by atoms with Crippen LogP contribution in [0.15, 0.2) is 12.1 Å². The first-order valence-electron chi connectivity index (χ1n) is 5.76. The molecule has 6 N–H and O–H groups in total. The molecule has 0 aliphatic rings. The first-order chi connectivity index (χ1) is 8.91. The van der Waals surface area contributed by atoms with Crippen molar-refractivity contribution in [2.45, 2.75) is 19.3 Å². The Morgan fingerprint density at radius 2 is 2.00 bits per heavy atom. The van der Waals surface area contributed by atoms with E-state index in [0.717, 1.165) is 12.1 Å². The van der Waals surface area contributed by atoms with E-state index >= 15 is 0 Å². The third kappa shape index (κ3) is 4.46. The van der Waals surface area contributed by atoms with Crippen LogP contribution in [0.5, 0.6) is 0 Å². The third-order valence-corrected chi connectivity index (χ3v) is 2.54. The van der Waals surface area contributed by atoms with E-state index in [9.17, 15) is 14.0 Å². The monoisotopic (exact) mass is 269 g/mol. The van der Waals surface area contributed by atoms with Gasteiger partial charge in [0.2, 0.25) is 5.91 Å². The minimum Gasteiger partial charge on any atom is -0.478 e. The summed E-state index contributed by atoms with van der Waals surface area (Å²) in [5, 5.41) is 11.6. The highest BCUT2D eigenvalue weighted by molar-refractivity contribution is 5.90. The predicted octanol–water partition coefficient (Wildman–Crippen LogP) is 1.17. The van der Waals surface area contributed by atoms with Gasteiger partial charge in [0.25, 0.3) is 0 Å². The number of carboxylic acid groups (broad SMARTS) is 1. The van der Waals surface area contributed by atoms with Crippen molar-refractivity contribution in [2.24, 2.45) is 5.73 Å². The smallest absolute Gasteiger partial charge is 0.338 e. The summed E-state index contributed by atoms with van der Waals surface area (Å²) in [5.41, 5.74) is 10.6. The predicted molar refractivity (Wildman–Crippen MR) is 69.3 cm³/mol. The van der Waals surface area contributed by atoms with E-state index in [1.165, 1.54) is 0 Å². The van der Waals surface area contributed by atoms with Crippen LogP contribution in [0.2, 0.25) is 0 Å². The number of benzene rings is 1. The fourth-order valence-electron chi connectivity index (χ4n) is 1.55. The van der Waals surface area contributed by atoms with Crippen molar-refractivity contribution in [1.29, 1.82) is 0 Å². The van der Waals surface area contributed by atoms with Gasteiger partial charge in [-0.15, -0.1) is 0 Å². The molecule has 0 saturated carbocycles. The number of nitrogen functional groups attached to an aromatic ring is 1. The van der Waals surface area contributed by atoms with Gasteiger partial charge in [-0.25, -0.2) is 9.18 Å². The fraction of sp³-hybridized carbons (Fsp3) is 0.333. The number of carbonyl (C=O) groups is 2. The van der Waals surface area contributed by atoms with E-state index in [0.29, 0.717) is 31.5 Å². The van der Waals surface area contributed by atoms with Crippen LogP contribution in [0.4, 0.5) is 15.8 Å². The second-order valence-electron chi connectivity index (χ2n) is 4.07. The van der Waals surface area contributed by atoms with Crippen LogP contribution in [0, 0.1) is 5.82 Å². The van der Waals surface area contributed by atoms with E-state index in [1.54, 1.807) is 0 Å². The Bertz CT molecular complexity index is 491. The van der Waals surface area contributed by atoms with Crippen LogP contribution >= 0.6 is 0 Å². The van der Waals surface area contributed by atoms with Gasteiger partial charge in [0.05, 0.1) is 16.9 Å². The number of halogens is 1. The minimum absolute atomic E-state index is 0.161. The number of aromatic carboxylic acids is 1. The van der Waals surface area contributed by atoms with Crippen molar-refractivity contribution in [2.75, 3.05) is 17.6 Å². The number of rotatable bonds is 7. The van der Waals surface area contributed by atoms with E-state index in [-0.39, 0.29) is 11.6 Å². The third-order valence-electron chi connectivity index (χ3n) is 2.54. The standard InChI is InChI=1S/C12H16FN3O3/c13-8-6-10(9(14)5-7(8)12(18)19)16-4-2-1-3-11(15)17/h5-6,16H,1-4,14H2,(H2,15,17)(H,18,19). The molecule has 0 atom stereocenters. The normalized spacial score (nSPS) is 10.2. The van der Waals surface area contributed by atoms with Crippen LogP contribution in [-0.4, -0.2) is 23.5 Å². The van der Waals surface area contributed by atoms with E-state index in [4.69, 9.17) is 16.6 Å². The molecule has 0 spiro atoms. The van der Waals surface area contributed by atoms with Crippen molar-refractivity contribution in [3.05, 3.63) is 23.5 Å². The number of nitrogens with one attached hydrogen (secondary N) is 1. The van der Waals surface area contributed by atoms with Crippen LogP contribution in [0.1, 0.15) is 29.6 Å². The second kappa shape index (κ2) is 6.58. The molecular formula is C12H16FN3O3. The van der Waals surface area contributed by atoms with E-state index in [1.807, 2.05) is 0 Å². The van der Waals surface area contributed by atoms with Crippen molar-refractivity contribution in [1.82, 2.24) is 0 Å². The number of hydrogen-bond donors (Lipinski definition) is 4. The molecule has 1 aromatic rings. The molecule has 0 aliphatic heterocycles. The van der Waals surface area contributed by atoms with Gasteiger partial charge in [-0.3, -0.25) is 4.79 Å². The van der Waals surface area contributed by atoms with Gasteiger partial charge in [0.1, 0.15) is 5.82 Å². The maximum atomic E-state index is 13.4. The number of anilines is 2. The Morgan fingerprint density at radius 1 is 1.32 bits per heavy atom. The molecule has 19 heavy (non-hydrogen) atoms. The quantitative estimate of drug-likeness (QED) is 0.437. The molecular weight excluding hydrogens is 253 g/mol. The Morgan fingerprint density at radius 3 is 2.58 bits per heavy atom. The molecule has 6 nitrogen and oxygen atoms in total.